The molecule has 0 radical (unpaired) electrons. The van der Waals surface area contributed by atoms with Gasteiger partial charge in [0.2, 0.25) is 5.91 Å². The Kier molecular flexibility index (Phi) is 4.97. The third kappa shape index (κ3) is 4.13. The van der Waals surface area contributed by atoms with Gasteiger partial charge in [-0.3, -0.25) is 15.4 Å². The maximum absolute atomic E-state index is 11.9. The topological polar surface area (TPSA) is 135 Å². The predicted molar refractivity (Wildman–Crippen MR) is 82.6 cm³/mol. The number of fused-ring (bicyclic) bond motifs is 2. The van der Waals surface area contributed by atoms with E-state index in [-0.39, 0.29) is 18.4 Å². The normalized spacial score (nSPS) is 23.1. The number of hydrogen-bond acceptors (Lipinski definition) is 6. The smallest absolute Gasteiger partial charge is 0.408 e. The van der Waals surface area contributed by atoms with Crippen LogP contribution in [0.2, 0.25) is 0 Å². The Balaban J connectivity index is 1.81. The van der Waals surface area contributed by atoms with Crippen LogP contribution in [0, 0.1) is 5.41 Å². The average Bonchev–Trinajstić information content (AvgIpc) is 2.68. The van der Waals surface area contributed by atoms with Crippen LogP contribution < -0.4 is 10.6 Å². The Morgan fingerprint density at radius 1 is 1.38 bits per heavy atom. The second-order valence-electron chi connectivity index (χ2n) is 6.84. The van der Waals surface area contributed by atoms with E-state index >= 15 is 0 Å². The van der Waals surface area contributed by atoms with Crippen molar-refractivity contribution < 1.29 is 24.3 Å². The first-order valence-corrected chi connectivity index (χ1v) is 7.72. The summed E-state index contributed by atoms with van der Waals surface area (Å²) in [6.07, 6.45) is 0.305. The molecule has 4 amide bonds. The van der Waals surface area contributed by atoms with Crippen molar-refractivity contribution in [1.29, 1.82) is 5.41 Å². The van der Waals surface area contributed by atoms with Crippen LogP contribution in [0.5, 0.6) is 0 Å². The molecule has 0 spiro atoms. The number of hydrogen-bond donors (Lipinski definition) is 4. The number of nitrogens with one attached hydrogen (secondary N) is 3. The van der Waals surface area contributed by atoms with Gasteiger partial charge in [0.1, 0.15) is 18.0 Å². The molecule has 10 nitrogen and oxygen atoms in total. The molecule has 4 N–H and O–H groups in total. The van der Waals surface area contributed by atoms with E-state index in [9.17, 15) is 19.6 Å². The highest BCUT2D eigenvalue weighted by atomic mass is 16.6. The lowest BCUT2D eigenvalue weighted by molar-refractivity contribution is -0.119. The number of urea groups is 1. The van der Waals surface area contributed by atoms with Crippen LogP contribution >= 0.6 is 0 Å². The number of piperidine rings is 1. The lowest BCUT2D eigenvalue weighted by Crippen LogP contribution is -2.52. The summed E-state index contributed by atoms with van der Waals surface area (Å²) in [6, 6.07) is -1.41. The summed E-state index contributed by atoms with van der Waals surface area (Å²) in [4.78, 5) is 36.5. The molecule has 0 aromatic carbocycles. The Hall–Kier alpha value is -2.36. The van der Waals surface area contributed by atoms with Gasteiger partial charge in [-0.15, -0.1) is 0 Å². The van der Waals surface area contributed by atoms with E-state index in [4.69, 9.17) is 10.1 Å². The molecular weight excluding hydrogens is 318 g/mol. The molecule has 134 valence electrons. The highest BCUT2D eigenvalue weighted by molar-refractivity contribution is 6.02. The summed E-state index contributed by atoms with van der Waals surface area (Å²) >= 11 is 0. The molecule has 10 heteroatoms. The molecular formula is C14H23N5O5. The molecule has 2 rings (SSSR count). The van der Waals surface area contributed by atoms with Crippen molar-refractivity contribution in [2.24, 2.45) is 0 Å². The molecule has 0 aromatic heterocycles. The summed E-state index contributed by atoms with van der Waals surface area (Å²) in [7, 11) is 0. The third-order valence-electron chi connectivity index (χ3n) is 3.74. The SMILES string of the molecule is CC(C)(C)OC(=O)NCC(=O)NC(=N)[C@@H]1CC[C@@H]2CN1C(=O)N2O. The monoisotopic (exact) mass is 341 g/mol. The molecule has 2 aliphatic heterocycles. The number of alkyl carbamates (subject to hydrolysis) is 1. The summed E-state index contributed by atoms with van der Waals surface area (Å²) in [5.74, 6) is -0.714. The molecule has 2 aliphatic rings. The Bertz CT molecular complexity index is 558. The second kappa shape index (κ2) is 6.63. The second-order valence-corrected chi connectivity index (χ2v) is 6.84. The van der Waals surface area contributed by atoms with Crippen LogP contribution in [-0.2, 0) is 9.53 Å². The van der Waals surface area contributed by atoms with Crippen molar-refractivity contribution in [3.8, 4) is 0 Å². The highest BCUT2D eigenvalue weighted by Crippen LogP contribution is 2.28. The number of hydroxylamine groups is 2. The van der Waals surface area contributed by atoms with Crippen molar-refractivity contribution in [2.75, 3.05) is 13.1 Å². The fourth-order valence-electron chi connectivity index (χ4n) is 2.69. The molecule has 0 saturated carbocycles. The number of nitrogens with zero attached hydrogens (tertiary/aromatic N) is 2. The van der Waals surface area contributed by atoms with Gasteiger partial charge < -0.3 is 20.3 Å². The van der Waals surface area contributed by atoms with Gasteiger partial charge >= 0.3 is 12.1 Å². The minimum absolute atomic E-state index is 0.131. The number of amidine groups is 1. The summed E-state index contributed by atoms with van der Waals surface area (Å²) in [5.41, 5.74) is -0.668. The van der Waals surface area contributed by atoms with E-state index in [1.165, 1.54) is 4.90 Å². The van der Waals surface area contributed by atoms with Crippen molar-refractivity contribution in [1.82, 2.24) is 20.6 Å². The molecule has 24 heavy (non-hydrogen) atoms. The lowest BCUT2D eigenvalue weighted by atomic mass is 10.00. The quantitative estimate of drug-likeness (QED) is 0.332. The van der Waals surface area contributed by atoms with Crippen LogP contribution in [0.1, 0.15) is 33.6 Å². The standard InChI is InChI=1S/C14H23N5O5/c1-14(2,3)24-12(21)16-6-10(20)17-11(15)9-5-4-8-7-18(9)13(22)19(8)23/h8-9,23H,4-7H2,1-3H3,(H,16,21)(H2,15,17,20)/t8-,9+/m1/s1. The maximum atomic E-state index is 11.9. The number of carbonyl (C=O) groups excluding carboxylic acids is 3. The number of amides is 4. The van der Waals surface area contributed by atoms with Crippen LogP contribution in [0.4, 0.5) is 9.59 Å². The van der Waals surface area contributed by atoms with Crippen LogP contribution in [0.3, 0.4) is 0 Å². The van der Waals surface area contributed by atoms with Gasteiger partial charge in [0.05, 0.1) is 12.1 Å². The van der Waals surface area contributed by atoms with Crippen molar-refractivity contribution >= 4 is 23.9 Å². The molecule has 0 unspecified atom stereocenters. The van der Waals surface area contributed by atoms with Gasteiger partial charge in [-0.05, 0) is 33.6 Å². The Labute approximate surface area is 139 Å². The summed E-state index contributed by atoms with van der Waals surface area (Å²) in [5, 5.41) is 22.9. The van der Waals surface area contributed by atoms with Gasteiger partial charge in [0, 0.05) is 6.54 Å². The number of ether oxygens (including phenoxy) is 1. The zero-order chi connectivity index (χ0) is 18.1. The van der Waals surface area contributed by atoms with E-state index in [1.54, 1.807) is 20.8 Å². The fraction of sp³-hybridized carbons (Fsp3) is 0.714. The van der Waals surface area contributed by atoms with Gasteiger partial charge in [-0.2, -0.15) is 0 Å². The first kappa shape index (κ1) is 18.0. The zero-order valence-corrected chi connectivity index (χ0v) is 14.0. The van der Waals surface area contributed by atoms with E-state index < -0.39 is 29.7 Å². The predicted octanol–water partition coefficient (Wildman–Crippen LogP) is 0.262. The van der Waals surface area contributed by atoms with Crippen molar-refractivity contribution in [2.45, 2.75) is 51.3 Å². The summed E-state index contributed by atoms with van der Waals surface area (Å²) in [6.45, 7) is 5.10. The molecule has 2 fully saturated rings. The maximum Gasteiger partial charge on any atom is 0.408 e. The molecule has 0 aromatic rings. The third-order valence-corrected chi connectivity index (χ3v) is 3.74. The minimum Gasteiger partial charge on any atom is -0.444 e. The highest BCUT2D eigenvalue weighted by Gasteiger charge is 2.45. The molecule has 2 heterocycles. The average molecular weight is 341 g/mol. The van der Waals surface area contributed by atoms with Crippen LogP contribution in [-0.4, -0.2) is 69.8 Å². The van der Waals surface area contributed by atoms with Crippen molar-refractivity contribution in [3.05, 3.63) is 0 Å². The van der Waals surface area contributed by atoms with E-state index in [1.807, 2.05) is 0 Å². The first-order chi connectivity index (χ1) is 11.1. The van der Waals surface area contributed by atoms with Crippen LogP contribution in [0.15, 0.2) is 0 Å². The van der Waals surface area contributed by atoms with Gasteiger partial charge in [-0.25, -0.2) is 14.7 Å². The molecule has 2 bridgehead atoms. The van der Waals surface area contributed by atoms with Crippen LogP contribution in [0.25, 0.3) is 0 Å². The largest absolute Gasteiger partial charge is 0.444 e. The van der Waals surface area contributed by atoms with E-state index in [0.717, 1.165) is 0 Å². The Morgan fingerprint density at radius 2 is 2.04 bits per heavy atom. The van der Waals surface area contributed by atoms with Crippen molar-refractivity contribution in [3.63, 3.8) is 0 Å². The molecule has 0 aliphatic carbocycles. The first-order valence-electron chi connectivity index (χ1n) is 7.72. The van der Waals surface area contributed by atoms with Gasteiger partial charge in [0.15, 0.2) is 0 Å². The fourth-order valence-corrected chi connectivity index (χ4v) is 2.69. The lowest BCUT2D eigenvalue weighted by Gasteiger charge is -2.30. The molecule has 2 saturated heterocycles. The van der Waals surface area contributed by atoms with Gasteiger partial charge in [0.25, 0.3) is 0 Å². The Morgan fingerprint density at radius 3 is 2.67 bits per heavy atom. The minimum atomic E-state index is -0.727. The molecule has 2 atom stereocenters. The summed E-state index contributed by atoms with van der Waals surface area (Å²) < 4.78 is 5.01. The van der Waals surface area contributed by atoms with E-state index in [0.29, 0.717) is 24.4 Å². The van der Waals surface area contributed by atoms with E-state index in [2.05, 4.69) is 10.6 Å². The zero-order valence-electron chi connectivity index (χ0n) is 14.0. The van der Waals surface area contributed by atoms with Gasteiger partial charge in [-0.1, -0.05) is 0 Å². The number of rotatable bonds is 3. The number of carbonyl (C=O) groups is 3.